The van der Waals surface area contributed by atoms with Crippen molar-refractivity contribution in [3.05, 3.63) is 354 Å². The summed E-state index contributed by atoms with van der Waals surface area (Å²) in [4.78, 5) is 97.2. The number of carboxylic acids is 1. The van der Waals surface area contributed by atoms with Gasteiger partial charge in [-0.25, -0.2) is 24.7 Å². The van der Waals surface area contributed by atoms with Gasteiger partial charge in [-0.1, -0.05) is 160 Å². The minimum atomic E-state index is -1.05. The van der Waals surface area contributed by atoms with Crippen LogP contribution >= 0.6 is 12.4 Å². The highest BCUT2D eigenvalue weighted by molar-refractivity contribution is 5.98. The number of carboxylic acid groups (broad SMARTS) is 1. The lowest BCUT2D eigenvalue weighted by Gasteiger charge is -2.21. The minimum absolute atomic E-state index is 0. The van der Waals surface area contributed by atoms with Crippen molar-refractivity contribution in [2.45, 2.75) is 104 Å². The molecule has 12 N–H and O–H groups in total. The number of nitrogens with two attached hydrogens (primary N) is 2. The van der Waals surface area contributed by atoms with Crippen molar-refractivity contribution < 1.29 is 91.7 Å². The Morgan fingerprint density at radius 1 is 0.350 bits per heavy atom. The average Bonchev–Trinajstić information content (AvgIpc) is 0.869. The van der Waals surface area contributed by atoms with E-state index in [2.05, 4.69) is 155 Å². The van der Waals surface area contributed by atoms with Crippen LogP contribution in [-0.2, 0) is 85.1 Å². The Labute approximate surface area is 847 Å². The number of nitrogens with one attached hydrogen (secondary N) is 5. The number of hydrogen-bond acceptors (Lipinski definition) is 24. The largest absolute Gasteiger partial charge is 0.478 e. The molecule has 756 valence electrons. The zero-order chi connectivity index (χ0) is 104. The number of aromatic carboxylic acids is 1. The molecule has 6 atom stereocenters. The van der Waals surface area contributed by atoms with Gasteiger partial charge >= 0.3 is 29.8 Å². The molecule has 0 aliphatic carbocycles. The molecule has 0 unspecified atom stereocenters. The topological polar surface area (TPSA) is 390 Å². The predicted molar refractivity (Wildman–Crippen MR) is 558 cm³/mol. The van der Waals surface area contributed by atoms with E-state index in [1.54, 1.807) is 145 Å². The highest BCUT2D eigenvalue weighted by atomic mass is 35.5. The van der Waals surface area contributed by atoms with Crippen LogP contribution < -0.4 is 38.2 Å². The van der Waals surface area contributed by atoms with Crippen LogP contribution in [0.4, 0.5) is 0 Å². The van der Waals surface area contributed by atoms with Gasteiger partial charge in [0.25, 0.3) is 17.7 Å². The fourth-order valence-electron chi connectivity index (χ4n) is 12.4. The summed E-state index contributed by atoms with van der Waals surface area (Å²) in [5, 5.41) is 38.5. The first-order valence-electron chi connectivity index (χ1n) is 46.0. The zero-order valence-corrected chi connectivity index (χ0v) is 84.8. The van der Waals surface area contributed by atoms with Gasteiger partial charge in [-0.05, 0) is 243 Å². The van der Waals surface area contributed by atoms with E-state index in [0.717, 1.165) is 139 Å². The normalized spacial score (nSPS) is 11.4. The predicted octanol–water partition coefficient (Wildman–Crippen LogP) is 13.0. The molecule has 3 amide bonds. The van der Waals surface area contributed by atoms with Gasteiger partial charge < -0.3 is 80.8 Å². The monoisotopic (exact) mass is 1970 g/mol. The van der Waals surface area contributed by atoms with E-state index in [1.165, 1.54) is 50.6 Å². The molecule has 0 aliphatic rings. The van der Waals surface area contributed by atoms with Crippen LogP contribution in [0, 0.1) is 71.0 Å². The molecule has 0 saturated heterocycles. The Hall–Kier alpha value is -14.4. The van der Waals surface area contributed by atoms with Gasteiger partial charge in [0.05, 0.1) is 78.2 Å². The summed E-state index contributed by atoms with van der Waals surface area (Å²) in [5.74, 6) is 27.1. The minimum Gasteiger partial charge on any atom is -0.478 e. The lowest BCUT2D eigenvalue weighted by Crippen LogP contribution is -2.54. The number of amides is 3. The standard InChI is InChI=1S/C27H34N2O4.C23H28N4O4.2C20H21NO3.C17H14O3.C7H15NO2.ClH/c1-6-20(2)25(27(31)33-5)28-26(30)24-15-13-22(14-16-24)8-7-21-9-11-23(12-10-21)19-29(3)17-18-32-4;1-16(24)21(23(29)27-30)26-22(28)20-11-9-18(10-12-20)4-3-17-5-7-19(8-6-17)15-25-13-14-31-2;1-23-14-13-21-15-18-7-5-16(6-8-18)3-4-17-9-11-19(12-10-17)20(22)24-2;1-21(13-14-24-2)15-18-7-5-16(6-8-18)3-4-17-9-11-19(12-10-17)20(22)23;1-20-17(19)16-10-8-14(9-11-16)3-2-13-4-6-15(12-18)7-5-13;1-4-5(2)6(8)7(9)10-3;/h9-16,20,25H,6,17-19H2,1-5H3,(H,28,30);5-12,16,21,25,30H,13-15,24H2,1-2H3,(H,26,28)(H,27,29);5-12,21H,13-15H2,1-2H3;5-12H,13-15H2,1-2H3,(H,22,23);4-11,18H,12H2,1H3;5-6H,4,8H2,1-3H3;1H/t20-,25-;16-,21+;;;;5-,6-;/m01...0./s1. The molecule has 28 nitrogen and oxygen atoms in total. The summed E-state index contributed by atoms with van der Waals surface area (Å²) in [6, 6.07) is 71.2. The van der Waals surface area contributed by atoms with E-state index in [-0.39, 0.29) is 60.2 Å². The molecule has 143 heavy (non-hydrogen) atoms. The van der Waals surface area contributed by atoms with Gasteiger partial charge in [-0.2, -0.15) is 0 Å². The molecule has 29 heteroatoms. The second-order valence-electron chi connectivity index (χ2n) is 32.4. The second-order valence-corrected chi connectivity index (χ2v) is 32.4. The summed E-state index contributed by atoms with van der Waals surface area (Å²) < 4.78 is 38.8. The first-order valence-corrected chi connectivity index (χ1v) is 46.0. The number of methoxy groups -OCH3 is 8. The molecule has 0 heterocycles. The summed E-state index contributed by atoms with van der Waals surface area (Å²) in [6.45, 7) is 18.9. The Morgan fingerprint density at radius 2 is 0.615 bits per heavy atom. The smallest absolute Gasteiger partial charge is 0.337 e. The van der Waals surface area contributed by atoms with Crippen LogP contribution in [0.5, 0.6) is 0 Å². The number of halogens is 1. The van der Waals surface area contributed by atoms with Gasteiger partial charge in [-0.3, -0.25) is 34.2 Å². The molecular weight excluding hydrogens is 1830 g/mol. The quantitative estimate of drug-likeness (QED) is 0.00435. The van der Waals surface area contributed by atoms with E-state index in [9.17, 15) is 38.4 Å². The average molecular weight is 1970 g/mol. The Balaban J connectivity index is 0.000000366. The molecule has 0 aromatic heterocycles. The van der Waals surface area contributed by atoms with Crippen LogP contribution in [0.2, 0.25) is 0 Å². The molecular formula is C114H134ClN9O19. The van der Waals surface area contributed by atoms with Crippen LogP contribution in [-0.4, -0.2) is 221 Å². The summed E-state index contributed by atoms with van der Waals surface area (Å²) in [7, 11) is 16.3. The fraction of sp³-hybridized carbons (Fsp3) is 0.316. The second kappa shape index (κ2) is 69.4. The van der Waals surface area contributed by atoms with E-state index in [0.29, 0.717) is 42.1 Å². The SMILES string of the molecule is CC[C@H](C)[C@H](N)C(=O)OC.CC[C@H](C)[C@H](NC(=O)c1ccc(C#Cc2ccc(CN(C)CCOC)cc2)cc1)C(=O)OC.COC(=O)c1ccc(C#Cc2ccc(CO)cc2)cc1.COCCN(C)Cc1ccc(C#Cc2ccc(C(=O)O)cc2)cc1.COCCNCc1ccc(C#Cc2ccc(C(=O)N[C@H](C(=O)NO)[C@@H](C)N)cc2)cc1.COCCNCc1ccc(C#Cc2ccc(C(=O)OC)cc2)cc1.Cl. The number of rotatable bonds is 36. The maximum absolute atomic E-state index is 12.6. The molecule has 10 aromatic rings. The molecule has 0 bridgehead atoms. The third kappa shape index (κ3) is 47.1. The zero-order valence-electron chi connectivity index (χ0n) is 84.0. The highest BCUT2D eigenvalue weighted by Gasteiger charge is 2.28. The molecule has 0 aliphatic heterocycles. The molecule has 0 saturated carbocycles. The molecule has 10 aromatic carbocycles. The van der Waals surface area contributed by atoms with Gasteiger partial charge in [0.15, 0.2) is 0 Å². The summed E-state index contributed by atoms with van der Waals surface area (Å²) in [6.07, 6.45) is 1.65. The molecule has 10 rings (SSSR count). The van der Waals surface area contributed by atoms with Crippen molar-refractivity contribution in [2.75, 3.05) is 124 Å². The number of aliphatic hydroxyl groups excluding tert-OH is 1. The van der Waals surface area contributed by atoms with Crippen LogP contribution in [0.1, 0.15) is 183 Å². The van der Waals surface area contributed by atoms with Crippen LogP contribution in [0.15, 0.2) is 243 Å². The first kappa shape index (κ1) is 121. The van der Waals surface area contributed by atoms with Crippen molar-refractivity contribution in [2.24, 2.45) is 23.3 Å². The van der Waals surface area contributed by atoms with Gasteiger partial charge in [0, 0.05) is 154 Å². The number of likely N-dealkylation sites (N-methyl/N-ethyl adjacent to an activating group) is 2. The number of hydroxylamine groups is 1. The summed E-state index contributed by atoms with van der Waals surface area (Å²) >= 11 is 0. The third-order valence-corrected chi connectivity index (χ3v) is 21.5. The number of ether oxygens (including phenoxy) is 8. The van der Waals surface area contributed by atoms with Crippen molar-refractivity contribution in [3.63, 3.8) is 0 Å². The number of hydrogen-bond donors (Lipinski definition) is 10. The lowest BCUT2D eigenvalue weighted by atomic mass is 9.98. The Morgan fingerprint density at radius 3 is 0.867 bits per heavy atom. The van der Waals surface area contributed by atoms with Crippen molar-refractivity contribution in [1.29, 1.82) is 0 Å². The van der Waals surface area contributed by atoms with Gasteiger partial charge in [-0.15, -0.1) is 12.4 Å². The number of esters is 4. The Kier molecular flexibility index (Phi) is 58.7. The molecule has 0 spiro atoms. The molecule has 0 fully saturated rings. The van der Waals surface area contributed by atoms with Crippen molar-refractivity contribution >= 4 is 60.0 Å². The number of nitrogens with zero attached hydrogens (tertiary/aromatic N) is 2. The van der Waals surface area contributed by atoms with Gasteiger partial charge in [0.1, 0.15) is 18.1 Å². The molecule has 0 radical (unpaired) electrons. The van der Waals surface area contributed by atoms with E-state index < -0.39 is 47.9 Å². The van der Waals surface area contributed by atoms with Gasteiger partial charge in [0.2, 0.25) is 0 Å². The van der Waals surface area contributed by atoms with Crippen molar-refractivity contribution in [1.82, 2.24) is 36.5 Å². The fourth-order valence-corrected chi connectivity index (χ4v) is 12.4. The Bertz CT molecular complexity index is 5860. The first-order chi connectivity index (χ1) is 68.5. The number of benzene rings is 10. The maximum Gasteiger partial charge on any atom is 0.337 e. The number of aliphatic hydroxyl groups is 1. The summed E-state index contributed by atoms with van der Waals surface area (Å²) in [5.41, 5.74) is 29.1. The van der Waals surface area contributed by atoms with E-state index in [1.807, 2.05) is 125 Å². The maximum atomic E-state index is 12.6. The lowest BCUT2D eigenvalue weighted by molar-refractivity contribution is -0.144. The number of carbonyl (C=O) groups excluding carboxylic acids is 7. The van der Waals surface area contributed by atoms with E-state index >= 15 is 0 Å². The highest BCUT2D eigenvalue weighted by Crippen LogP contribution is 2.17. The third-order valence-electron chi connectivity index (χ3n) is 21.5. The van der Waals surface area contributed by atoms with Crippen molar-refractivity contribution in [3.8, 4) is 59.2 Å². The van der Waals surface area contributed by atoms with Crippen LogP contribution in [0.25, 0.3) is 0 Å². The van der Waals surface area contributed by atoms with E-state index in [4.69, 9.17) is 50.6 Å². The van der Waals surface area contributed by atoms with Crippen LogP contribution in [0.3, 0.4) is 0 Å². The number of carbonyl (C=O) groups is 8.